The topological polar surface area (TPSA) is 46.9 Å². The van der Waals surface area contributed by atoms with Crippen LogP contribution in [0.15, 0.2) is 11.0 Å². The zero-order chi connectivity index (χ0) is 15.3. The van der Waals surface area contributed by atoms with Crippen LogP contribution in [0.2, 0.25) is 5.02 Å². The van der Waals surface area contributed by atoms with Gasteiger partial charge in [0, 0.05) is 17.8 Å². The fourth-order valence-electron chi connectivity index (χ4n) is 2.78. The number of nitrogens with zero attached hydrogens (tertiary/aromatic N) is 2. The van der Waals surface area contributed by atoms with Gasteiger partial charge in [0.2, 0.25) is 0 Å². The maximum absolute atomic E-state index is 12.2. The minimum atomic E-state index is -0.195. The Kier molecular flexibility index (Phi) is 5.99. The number of rotatable bonds is 7. The van der Waals surface area contributed by atoms with Crippen LogP contribution in [0.1, 0.15) is 45.4 Å². The zero-order valence-corrected chi connectivity index (χ0v) is 14.4. The zero-order valence-electron chi connectivity index (χ0n) is 12.8. The second-order valence-electron chi connectivity index (χ2n) is 5.70. The molecule has 2 rings (SSSR count). The summed E-state index contributed by atoms with van der Waals surface area (Å²) in [6.45, 7) is 3.56. The van der Waals surface area contributed by atoms with Gasteiger partial charge in [-0.1, -0.05) is 37.8 Å². The molecule has 0 unspecified atom stereocenters. The third kappa shape index (κ3) is 3.95. The van der Waals surface area contributed by atoms with E-state index in [1.807, 2.05) is 11.8 Å². The third-order valence-corrected chi connectivity index (χ3v) is 6.04. The van der Waals surface area contributed by atoms with E-state index in [1.54, 1.807) is 6.20 Å². The standard InChI is InChI=1S/C15H24ClN3OS/c1-3-4-9-19-14(20)13(16)12(10-18-19)17-11-15(21-2)7-5-6-8-15/h10,17H,3-9,11H2,1-2H3. The third-order valence-electron chi connectivity index (χ3n) is 4.26. The van der Waals surface area contributed by atoms with Gasteiger partial charge in [-0.15, -0.1) is 0 Å². The molecular formula is C15H24ClN3OS. The monoisotopic (exact) mass is 329 g/mol. The molecule has 1 heterocycles. The van der Waals surface area contributed by atoms with Crippen molar-refractivity contribution in [3.8, 4) is 0 Å². The molecule has 6 heteroatoms. The normalized spacial score (nSPS) is 17.1. The minimum Gasteiger partial charge on any atom is -0.381 e. The summed E-state index contributed by atoms with van der Waals surface area (Å²) in [6.07, 6.45) is 10.8. The van der Waals surface area contributed by atoms with Crippen LogP contribution in [0.4, 0.5) is 5.69 Å². The van der Waals surface area contributed by atoms with Gasteiger partial charge in [0.1, 0.15) is 5.02 Å². The molecule has 0 amide bonds. The first-order chi connectivity index (χ1) is 10.1. The van der Waals surface area contributed by atoms with E-state index in [4.69, 9.17) is 11.6 Å². The van der Waals surface area contributed by atoms with Crippen LogP contribution in [0.5, 0.6) is 0 Å². The lowest BCUT2D eigenvalue weighted by Crippen LogP contribution is -2.31. The van der Waals surface area contributed by atoms with E-state index >= 15 is 0 Å². The van der Waals surface area contributed by atoms with Crippen LogP contribution in [0.25, 0.3) is 0 Å². The van der Waals surface area contributed by atoms with E-state index < -0.39 is 0 Å². The first-order valence-electron chi connectivity index (χ1n) is 7.66. The molecule has 0 aliphatic heterocycles. The molecule has 4 nitrogen and oxygen atoms in total. The number of halogens is 1. The number of aromatic nitrogens is 2. The number of thioether (sulfide) groups is 1. The van der Waals surface area contributed by atoms with Crippen LogP contribution in [-0.2, 0) is 6.54 Å². The summed E-state index contributed by atoms with van der Waals surface area (Å²) in [6, 6.07) is 0. The predicted octanol–water partition coefficient (Wildman–Crippen LogP) is 3.78. The van der Waals surface area contributed by atoms with Gasteiger partial charge < -0.3 is 5.32 Å². The summed E-state index contributed by atoms with van der Waals surface area (Å²) >= 11 is 8.12. The molecule has 1 aromatic rings. The van der Waals surface area contributed by atoms with Gasteiger partial charge in [0.25, 0.3) is 5.56 Å². The number of hydrogen-bond acceptors (Lipinski definition) is 4. The van der Waals surface area contributed by atoms with Crippen molar-refractivity contribution in [1.82, 2.24) is 9.78 Å². The van der Waals surface area contributed by atoms with Crippen molar-refractivity contribution >= 4 is 29.1 Å². The van der Waals surface area contributed by atoms with Gasteiger partial charge >= 0.3 is 0 Å². The van der Waals surface area contributed by atoms with Crippen LogP contribution in [-0.4, -0.2) is 27.3 Å². The summed E-state index contributed by atoms with van der Waals surface area (Å²) < 4.78 is 1.73. The second kappa shape index (κ2) is 7.54. The van der Waals surface area contributed by atoms with Crippen molar-refractivity contribution in [2.45, 2.75) is 56.7 Å². The number of hydrogen-bond donors (Lipinski definition) is 1. The summed E-state index contributed by atoms with van der Waals surface area (Å²) in [5, 5.41) is 7.82. The van der Waals surface area contributed by atoms with Gasteiger partial charge in [-0.25, -0.2) is 4.68 Å². The highest BCUT2D eigenvalue weighted by atomic mass is 35.5. The molecule has 0 spiro atoms. The van der Waals surface area contributed by atoms with Gasteiger partial charge in [-0.05, 0) is 25.5 Å². The van der Waals surface area contributed by atoms with E-state index in [1.165, 1.54) is 30.4 Å². The molecular weight excluding hydrogens is 306 g/mol. The number of nitrogens with one attached hydrogen (secondary N) is 1. The predicted molar refractivity (Wildman–Crippen MR) is 91.6 cm³/mol. The molecule has 1 saturated carbocycles. The van der Waals surface area contributed by atoms with E-state index in [2.05, 4.69) is 23.6 Å². The smallest absolute Gasteiger partial charge is 0.287 e. The highest BCUT2D eigenvalue weighted by molar-refractivity contribution is 8.00. The van der Waals surface area contributed by atoms with E-state index in [9.17, 15) is 4.79 Å². The maximum atomic E-state index is 12.2. The average Bonchev–Trinajstić information content (AvgIpc) is 2.97. The molecule has 1 N–H and O–H groups in total. The lowest BCUT2D eigenvalue weighted by atomic mass is 10.1. The summed E-state index contributed by atoms with van der Waals surface area (Å²) in [5.74, 6) is 0. The Morgan fingerprint density at radius 3 is 2.81 bits per heavy atom. The Labute approximate surface area is 135 Å². The second-order valence-corrected chi connectivity index (χ2v) is 7.35. The summed E-state index contributed by atoms with van der Waals surface area (Å²) in [4.78, 5) is 12.2. The SMILES string of the molecule is CCCCn1ncc(NCC2(SC)CCCC2)c(Cl)c1=O. The van der Waals surface area contributed by atoms with Crippen LogP contribution < -0.4 is 10.9 Å². The molecule has 0 radical (unpaired) electrons. The largest absolute Gasteiger partial charge is 0.381 e. The van der Waals surface area contributed by atoms with Crippen molar-refractivity contribution in [1.29, 1.82) is 0 Å². The van der Waals surface area contributed by atoms with E-state index in [0.29, 0.717) is 12.2 Å². The molecule has 1 fully saturated rings. The van der Waals surface area contributed by atoms with Gasteiger partial charge in [0.15, 0.2) is 0 Å². The van der Waals surface area contributed by atoms with E-state index in [0.717, 1.165) is 19.4 Å². The Hall–Kier alpha value is -0.680. The number of anilines is 1. The Morgan fingerprint density at radius 1 is 1.48 bits per heavy atom. The molecule has 1 aliphatic carbocycles. The maximum Gasteiger partial charge on any atom is 0.287 e. The molecule has 0 saturated heterocycles. The Bertz CT molecular complexity index is 526. The Morgan fingerprint density at radius 2 is 2.19 bits per heavy atom. The van der Waals surface area contributed by atoms with Crippen molar-refractivity contribution in [2.75, 3.05) is 18.1 Å². The van der Waals surface area contributed by atoms with Crippen molar-refractivity contribution in [2.24, 2.45) is 0 Å². The van der Waals surface area contributed by atoms with Crippen LogP contribution in [0.3, 0.4) is 0 Å². The highest BCUT2D eigenvalue weighted by Gasteiger charge is 2.32. The van der Waals surface area contributed by atoms with Gasteiger partial charge in [-0.2, -0.15) is 16.9 Å². The molecule has 21 heavy (non-hydrogen) atoms. The minimum absolute atomic E-state index is 0.195. The molecule has 0 bridgehead atoms. The highest BCUT2D eigenvalue weighted by Crippen LogP contribution is 2.40. The quantitative estimate of drug-likeness (QED) is 0.827. The van der Waals surface area contributed by atoms with Crippen LogP contribution in [0, 0.1) is 0 Å². The average molecular weight is 330 g/mol. The van der Waals surface area contributed by atoms with Crippen molar-refractivity contribution in [3.63, 3.8) is 0 Å². The molecule has 1 aliphatic rings. The first-order valence-corrected chi connectivity index (χ1v) is 9.27. The lowest BCUT2D eigenvalue weighted by molar-refractivity contribution is 0.543. The molecule has 0 aromatic carbocycles. The fraction of sp³-hybridized carbons (Fsp3) is 0.733. The summed E-state index contributed by atoms with van der Waals surface area (Å²) in [7, 11) is 0. The van der Waals surface area contributed by atoms with Crippen LogP contribution >= 0.6 is 23.4 Å². The Balaban J connectivity index is 2.07. The lowest BCUT2D eigenvalue weighted by Gasteiger charge is -2.27. The summed E-state index contributed by atoms with van der Waals surface area (Å²) in [5.41, 5.74) is 0.467. The van der Waals surface area contributed by atoms with E-state index in [-0.39, 0.29) is 15.3 Å². The van der Waals surface area contributed by atoms with Crippen molar-refractivity contribution in [3.05, 3.63) is 21.6 Å². The number of unbranched alkanes of at least 4 members (excludes halogenated alkanes) is 1. The molecule has 0 atom stereocenters. The van der Waals surface area contributed by atoms with Gasteiger partial charge in [0.05, 0.1) is 11.9 Å². The van der Waals surface area contributed by atoms with Gasteiger partial charge in [-0.3, -0.25) is 4.79 Å². The number of aryl methyl sites for hydroxylation is 1. The van der Waals surface area contributed by atoms with Crippen molar-refractivity contribution < 1.29 is 0 Å². The molecule has 118 valence electrons. The molecule has 1 aromatic heterocycles. The first kappa shape index (κ1) is 16.7. The fourth-order valence-corrected chi connectivity index (χ4v) is 3.91.